The zero-order valence-corrected chi connectivity index (χ0v) is 10.6. The van der Waals surface area contributed by atoms with Gasteiger partial charge in [-0.3, -0.25) is 0 Å². The highest BCUT2D eigenvalue weighted by molar-refractivity contribution is 7.89. The molecule has 17 heavy (non-hydrogen) atoms. The molecule has 0 aliphatic rings. The second-order valence-corrected chi connectivity index (χ2v) is 5.62. The number of likely N-dealkylation sites (N-methyl/N-ethyl adjacent to an activating group) is 1. The van der Waals surface area contributed by atoms with Gasteiger partial charge in [0.25, 0.3) is 0 Å². The Morgan fingerprint density at radius 1 is 1.41 bits per heavy atom. The van der Waals surface area contributed by atoms with Crippen molar-refractivity contribution in [1.82, 2.24) is 9.62 Å². The second-order valence-electron chi connectivity index (χ2n) is 3.88. The predicted molar refractivity (Wildman–Crippen MR) is 64.6 cm³/mol. The number of rotatable bonds is 5. The Morgan fingerprint density at radius 3 is 2.59 bits per heavy atom. The first kappa shape index (κ1) is 13.9. The van der Waals surface area contributed by atoms with E-state index in [0.717, 1.165) is 18.2 Å². The number of hydrogen-bond donors (Lipinski definition) is 2. The molecule has 0 heterocycles. The minimum absolute atomic E-state index is 0.0950. The highest BCUT2D eigenvalue weighted by Gasteiger charge is 2.17. The van der Waals surface area contributed by atoms with Gasteiger partial charge >= 0.3 is 0 Å². The van der Waals surface area contributed by atoms with Crippen molar-refractivity contribution in [3.8, 4) is 0 Å². The van der Waals surface area contributed by atoms with Gasteiger partial charge in [0.2, 0.25) is 10.0 Å². The number of nitrogen functional groups attached to an aromatic ring is 1. The van der Waals surface area contributed by atoms with Gasteiger partial charge in [-0.25, -0.2) is 17.5 Å². The summed E-state index contributed by atoms with van der Waals surface area (Å²) in [6.45, 7) is 0.840. The Labute approximate surface area is 100 Å². The molecular weight excluding hydrogens is 245 g/mol. The zero-order chi connectivity index (χ0) is 13.1. The lowest BCUT2D eigenvalue weighted by molar-refractivity contribution is 0.412. The molecule has 1 rings (SSSR count). The van der Waals surface area contributed by atoms with Crippen LogP contribution in [0.2, 0.25) is 0 Å². The van der Waals surface area contributed by atoms with Crippen LogP contribution in [0.15, 0.2) is 23.1 Å². The molecule has 5 nitrogen and oxygen atoms in total. The zero-order valence-electron chi connectivity index (χ0n) is 9.77. The molecule has 0 atom stereocenters. The number of benzene rings is 1. The number of sulfonamides is 1. The van der Waals surface area contributed by atoms with E-state index in [2.05, 4.69) is 4.72 Å². The maximum absolute atomic E-state index is 12.8. The van der Waals surface area contributed by atoms with Crippen LogP contribution in [0.5, 0.6) is 0 Å². The quantitative estimate of drug-likeness (QED) is 0.745. The van der Waals surface area contributed by atoms with Crippen LogP contribution >= 0.6 is 0 Å². The van der Waals surface area contributed by atoms with Gasteiger partial charge in [-0.1, -0.05) is 0 Å². The molecule has 0 bridgehead atoms. The molecule has 0 spiro atoms. The number of anilines is 1. The summed E-state index contributed by atoms with van der Waals surface area (Å²) in [6, 6.07) is 3.21. The first-order chi connectivity index (χ1) is 7.83. The van der Waals surface area contributed by atoms with E-state index in [1.165, 1.54) is 0 Å². The molecule has 3 N–H and O–H groups in total. The van der Waals surface area contributed by atoms with E-state index in [1.807, 2.05) is 19.0 Å². The van der Waals surface area contributed by atoms with Crippen LogP contribution in [0.4, 0.5) is 10.1 Å². The topological polar surface area (TPSA) is 75.4 Å². The maximum Gasteiger partial charge on any atom is 0.242 e. The highest BCUT2D eigenvalue weighted by Crippen LogP contribution is 2.18. The summed E-state index contributed by atoms with van der Waals surface area (Å²) < 4.78 is 38.8. The van der Waals surface area contributed by atoms with Gasteiger partial charge in [-0.15, -0.1) is 0 Å². The summed E-state index contributed by atoms with van der Waals surface area (Å²) in [5.74, 6) is -0.560. The van der Waals surface area contributed by atoms with E-state index >= 15 is 0 Å². The van der Waals surface area contributed by atoms with E-state index in [-0.39, 0.29) is 17.1 Å². The monoisotopic (exact) mass is 261 g/mol. The lowest BCUT2D eigenvalue weighted by atomic mass is 10.3. The van der Waals surface area contributed by atoms with Crippen LogP contribution in [-0.4, -0.2) is 40.5 Å². The molecule has 0 saturated heterocycles. The third kappa shape index (κ3) is 3.95. The largest absolute Gasteiger partial charge is 0.398 e. The third-order valence-electron chi connectivity index (χ3n) is 2.11. The van der Waals surface area contributed by atoms with Gasteiger partial charge in [0.05, 0.1) is 5.69 Å². The fourth-order valence-corrected chi connectivity index (χ4v) is 2.38. The normalized spacial score (nSPS) is 12.0. The average molecular weight is 261 g/mol. The molecule has 0 radical (unpaired) electrons. The number of hydrogen-bond acceptors (Lipinski definition) is 4. The van der Waals surface area contributed by atoms with Gasteiger partial charge in [-0.05, 0) is 32.3 Å². The second kappa shape index (κ2) is 5.44. The molecule has 0 amide bonds. The smallest absolute Gasteiger partial charge is 0.242 e. The van der Waals surface area contributed by atoms with Crippen molar-refractivity contribution in [2.45, 2.75) is 4.90 Å². The van der Waals surface area contributed by atoms with Gasteiger partial charge in [0, 0.05) is 13.1 Å². The minimum Gasteiger partial charge on any atom is -0.398 e. The van der Waals surface area contributed by atoms with Gasteiger partial charge < -0.3 is 10.6 Å². The van der Waals surface area contributed by atoms with E-state index in [9.17, 15) is 12.8 Å². The van der Waals surface area contributed by atoms with E-state index < -0.39 is 15.8 Å². The predicted octanol–water partition coefficient (Wildman–Crippen LogP) is 0.248. The minimum atomic E-state index is -3.67. The Morgan fingerprint density at radius 2 is 2.06 bits per heavy atom. The number of nitrogens with one attached hydrogen (secondary N) is 1. The first-order valence-corrected chi connectivity index (χ1v) is 6.50. The lowest BCUT2D eigenvalue weighted by Crippen LogP contribution is -2.31. The molecule has 0 aromatic heterocycles. The standard InChI is InChI=1S/C10H16FN3O2S/c1-14(2)6-5-13-17(15,16)10-4-3-8(11)7-9(10)12/h3-4,7,13H,5-6,12H2,1-2H3. The maximum atomic E-state index is 12.8. The lowest BCUT2D eigenvalue weighted by Gasteiger charge is -2.12. The van der Waals surface area contributed by atoms with E-state index in [1.54, 1.807) is 0 Å². The van der Waals surface area contributed by atoms with Crippen molar-refractivity contribution < 1.29 is 12.8 Å². The van der Waals surface area contributed by atoms with Gasteiger partial charge in [0.15, 0.2) is 0 Å². The summed E-state index contributed by atoms with van der Waals surface area (Å²) in [4.78, 5) is 1.74. The van der Waals surface area contributed by atoms with Crippen molar-refractivity contribution >= 4 is 15.7 Å². The number of nitrogens with zero attached hydrogens (tertiary/aromatic N) is 1. The molecule has 0 saturated carbocycles. The summed E-state index contributed by atoms with van der Waals surface area (Å²) in [7, 11) is -0.00395. The van der Waals surface area contributed by atoms with Crippen molar-refractivity contribution in [2.75, 3.05) is 32.9 Å². The van der Waals surface area contributed by atoms with Gasteiger partial charge in [-0.2, -0.15) is 0 Å². The summed E-state index contributed by atoms with van der Waals surface area (Å²) >= 11 is 0. The fraction of sp³-hybridized carbons (Fsp3) is 0.400. The molecule has 0 unspecified atom stereocenters. The van der Waals surface area contributed by atoms with Crippen molar-refractivity contribution in [3.63, 3.8) is 0 Å². The van der Waals surface area contributed by atoms with Gasteiger partial charge in [0.1, 0.15) is 10.7 Å². The number of halogens is 1. The molecule has 0 fully saturated rings. The molecule has 0 aliphatic carbocycles. The first-order valence-electron chi connectivity index (χ1n) is 5.02. The Hall–Kier alpha value is -1.18. The average Bonchev–Trinajstić information content (AvgIpc) is 2.15. The molecule has 7 heteroatoms. The van der Waals surface area contributed by atoms with Crippen molar-refractivity contribution in [2.24, 2.45) is 0 Å². The van der Waals surface area contributed by atoms with Crippen LogP contribution in [0.25, 0.3) is 0 Å². The summed E-state index contributed by atoms with van der Waals surface area (Å²) in [5.41, 5.74) is 5.37. The summed E-state index contributed by atoms with van der Waals surface area (Å²) in [5, 5.41) is 0. The third-order valence-corrected chi connectivity index (χ3v) is 3.65. The Bertz CT molecular complexity index is 488. The van der Waals surface area contributed by atoms with Crippen LogP contribution in [0.3, 0.4) is 0 Å². The molecule has 96 valence electrons. The van der Waals surface area contributed by atoms with E-state index in [4.69, 9.17) is 5.73 Å². The molecule has 1 aromatic rings. The van der Waals surface area contributed by atoms with Crippen LogP contribution in [-0.2, 0) is 10.0 Å². The van der Waals surface area contributed by atoms with Crippen molar-refractivity contribution in [3.05, 3.63) is 24.0 Å². The van der Waals surface area contributed by atoms with Crippen LogP contribution in [0, 0.1) is 5.82 Å². The summed E-state index contributed by atoms with van der Waals surface area (Å²) in [6.07, 6.45) is 0. The van der Waals surface area contributed by atoms with Crippen molar-refractivity contribution in [1.29, 1.82) is 0 Å². The van der Waals surface area contributed by atoms with Crippen LogP contribution in [0.1, 0.15) is 0 Å². The molecule has 1 aromatic carbocycles. The Balaban J connectivity index is 2.83. The van der Waals surface area contributed by atoms with E-state index in [0.29, 0.717) is 6.54 Å². The molecular formula is C10H16FN3O2S. The highest BCUT2D eigenvalue weighted by atomic mass is 32.2. The van der Waals surface area contributed by atoms with Crippen LogP contribution < -0.4 is 10.5 Å². The molecule has 0 aliphatic heterocycles. The Kier molecular flexibility index (Phi) is 4.44. The fourth-order valence-electron chi connectivity index (χ4n) is 1.25. The number of nitrogens with two attached hydrogens (primary N) is 1. The SMILES string of the molecule is CN(C)CCNS(=O)(=O)c1ccc(F)cc1N.